The lowest BCUT2D eigenvalue weighted by molar-refractivity contribution is -0.660. The van der Waals surface area contributed by atoms with Gasteiger partial charge in [0.25, 0.3) is 0 Å². The van der Waals surface area contributed by atoms with Gasteiger partial charge >= 0.3 is 0 Å². The molecule has 20 heavy (non-hydrogen) atoms. The highest BCUT2D eigenvalue weighted by Crippen LogP contribution is 2.32. The van der Waals surface area contributed by atoms with Crippen LogP contribution in [0.25, 0.3) is 11.3 Å². The van der Waals surface area contributed by atoms with E-state index < -0.39 is 6.37 Å². The van der Waals surface area contributed by atoms with Crippen molar-refractivity contribution in [3.8, 4) is 11.3 Å². The van der Waals surface area contributed by atoms with Gasteiger partial charge in [-0.3, -0.25) is 0 Å². The summed E-state index contributed by atoms with van der Waals surface area (Å²) in [4.78, 5) is 0. The predicted octanol–water partition coefficient (Wildman–Crippen LogP) is 4.22. The lowest BCUT2D eigenvalue weighted by Crippen LogP contribution is -2.30. The smallest absolute Gasteiger partial charge is 0.201 e. The second-order valence-corrected chi connectivity index (χ2v) is 5.82. The Morgan fingerprint density at radius 3 is 2.70 bits per heavy atom. The first-order valence-corrected chi connectivity index (χ1v) is 7.57. The van der Waals surface area contributed by atoms with Crippen LogP contribution in [0.15, 0.2) is 42.6 Å². The van der Waals surface area contributed by atoms with Crippen LogP contribution in [-0.2, 0) is 13.4 Å². The van der Waals surface area contributed by atoms with Gasteiger partial charge in [0.05, 0.1) is 5.56 Å². The van der Waals surface area contributed by atoms with Gasteiger partial charge in [-0.2, -0.15) is 0 Å². The number of pyridine rings is 1. The number of rotatable bonds is 3. The van der Waals surface area contributed by atoms with Crippen molar-refractivity contribution in [2.24, 2.45) is 13.0 Å². The van der Waals surface area contributed by atoms with Gasteiger partial charge in [0.1, 0.15) is 7.05 Å². The van der Waals surface area contributed by atoms with E-state index >= 15 is 0 Å². The van der Waals surface area contributed by atoms with Gasteiger partial charge in [0.15, 0.2) is 6.20 Å². The van der Waals surface area contributed by atoms with Crippen LogP contribution in [0.3, 0.4) is 0 Å². The first-order chi connectivity index (χ1) is 10.5. The molecule has 2 aromatic rings. The van der Waals surface area contributed by atoms with Crippen molar-refractivity contribution < 1.29 is 7.31 Å². The zero-order chi connectivity index (χ0) is 15.7. The number of hydrogen-bond acceptors (Lipinski definition) is 0. The highest BCUT2D eigenvalue weighted by Gasteiger charge is 2.20. The third-order valence-corrected chi connectivity index (χ3v) is 4.30. The van der Waals surface area contributed by atoms with E-state index in [1.54, 1.807) is 0 Å². The maximum atomic E-state index is 8.78. The molecule has 1 saturated carbocycles. The molecule has 1 aromatic heterocycles. The highest BCUT2D eigenvalue weighted by molar-refractivity contribution is 5.65. The van der Waals surface area contributed by atoms with Gasteiger partial charge < -0.3 is 0 Å². The molecule has 1 aliphatic carbocycles. The zero-order valence-electron chi connectivity index (χ0n) is 14.4. The standard InChI is InChI=1S/C19H24N/c1-15-8-7-11-17(14-16-9-3-4-10-16)19(15)18-12-5-6-13-20(18)2/h5-8,11-13,16H,3-4,9-10,14H2,1-2H3/q+1/i14D2. The Kier molecular flexibility index (Phi) is 3.20. The molecule has 1 nitrogen and oxygen atoms in total. The number of hydrogen-bond donors (Lipinski definition) is 0. The van der Waals surface area contributed by atoms with Gasteiger partial charge in [-0.25, -0.2) is 4.57 Å². The molecule has 1 heteroatoms. The van der Waals surface area contributed by atoms with Gasteiger partial charge in [-0.05, 0) is 36.4 Å². The molecule has 0 N–H and O–H groups in total. The summed E-state index contributed by atoms with van der Waals surface area (Å²) >= 11 is 0. The predicted molar refractivity (Wildman–Crippen MR) is 83.5 cm³/mol. The highest BCUT2D eigenvalue weighted by atomic mass is 14.9. The minimum Gasteiger partial charge on any atom is -0.201 e. The van der Waals surface area contributed by atoms with Crippen molar-refractivity contribution in [3.63, 3.8) is 0 Å². The van der Waals surface area contributed by atoms with E-state index in [0.717, 1.165) is 48.1 Å². The van der Waals surface area contributed by atoms with E-state index in [2.05, 4.69) is 23.6 Å². The molecule has 0 saturated heterocycles. The van der Waals surface area contributed by atoms with Gasteiger partial charge in [0, 0.05) is 14.9 Å². The summed E-state index contributed by atoms with van der Waals surface area (Å²) in [5.41, 5.74) is 4.13. The zero-order valence-corrected chi connectivity index (χ0v) is 12.4. The summed E-state index contributed by atoms with van der Waals surface area (Å²) in [5.74, 6) is 0.141. The fourth-order valence-electron chi connectivity index (χ4n) is 3.20. The molecular formula is C19H24N+. The Morgan fingerprint density at radius 2 is 1.95 bits per heavy atom. The SMILES string of the molecule is [2H]C([2H])(c1cccc(C)c1-c1cccc[n+]1C)C1CCCC1. The fraction of sp³-hybridized carbons (Fsp3) is 0.421. The summed E-state index contributed by atoms with van der Waals surface area (Å²) < 4.78 is 19.6. The van der Waals surface area contributed by atoms with E-state index in [4.69, 9.17) is 2.74 Å². The van der Waals surface area contributed by atoms with Crippen molar-refractivity contribution in [1.29, 1.82) is 0 Å². The first-order valence-electron chi connectivity index (χ1n) is 8.57. The third kappa shape index (κ3) is 2.63. The van der Waals surface area contributed by atoms with Crippen molar-refractivity contribution >= 4 is 0 Å². The van der Waals surface area contributed by atoms with E-state index in [0.29, 0.717) is 0 Å². The van der Waals surface area contributed by atoms with Crippen LogP contribution < -0.4 is 4.57 Å². The summed E-state index contributed by atoms with van der Waals surface area (Å²) in [7, 11) is 2.02. The normalized spacial score (nSPS) is 17.9. The van der Waals surface area contributed by atoms with Gasteiger partial charge in [-0.1, -0.05) is 43.9 Å². The van der Waals surface area contributed by atoms with Crippen molar-refractivity contribution in [2.75, 3.05) is 0 Å². The van der Waals surface area contributed by atoms with Crippen LogP contribution in [0.4, 0.5) is 0 Å². The van der Waals surface area contributed by atoms with Gasteiger partial charge in [-0.15, -0.1) is 0 Å². The Balaban J connectivity index is 2.17. The second-order valence-electron chi connectivity index (χ2n) is 5.82. The maximum Gasteiger partial charge on any atom is 0.212 e. The Labute approximate surface area is 125 Å². The van der Waals surface area contributed by atoms with Gasteiger partial charge in [0.2, 0.25) is 5.69 Å². The first kappa shape index (κ1) is 11.1. The molecule has 1 fully saturated rings. The molecule has 1 heterocycles. The van der Waals surface area contributed by atoms with E-state index in [1.807, 2.05) is 37.5 Å². The minimum atomic E-state index is -1.26. The Bertz CT molecular complexity index is 673. The Morgan fingerprint density at radius 1 is 1.15 bits per heavy atom. The van der Waals surface area contributed by atoms with E-state index in [-0.39, 0.29) is 5.92 Å². The molecule has 0 bridgehead atoms. The molecule has 0 amide bonds. The second kappa shape index (κ2) is 5.78. The molecule has 0 atom stereocenters. The van der Waals surface area contributed by atoms with E-state index in [9.17, 15) is 0 Å². The molecule has 0 unspecified atom stereocenters. The molecule has 0 radical (unpaired) electrons. The molecular weight excluding hydrogens is 242 g/mol. The molecule has 1 aliphatic rings. The number of aryl methyl sites for hydroxylation is 2. The molecule has 0 spiro atoms. The van der Waals surface area contributed by atoms with Crippen LogP contribution in [0.1, 0.15) is 39.6 Å². The minimum absolute atomic E-state index is 0.141. The number of aromatic nitrogens is 1. The summed E-state index contributed by atoms with van der Waals surface area (Å²) in [6.07, 6.45) is 5.08. The molecule has 104 valence electrons. The third-order valence-electron chi connectivity index (χ3n) is 4.30. The van der Waals surface area contributed by atoms with E-state index in [1.165, 1.54) is 0 Å². The average molecular weight is 268 g/mol. The number of nitrogens with zero attached hydrogens (tertiary/aromatic N) is 1. The average Bonchev–Trinajstić information content (AvgIpc) is 3.03. The largest absolute Gasteiger partial charge is 0.212 e. The van der Waals surface area contributed by atoms with Crippen LogP contribution in [0.2, 0.25) is 0 Å². The quantitative estimate of drug-likeness (QED) is 0.734. The lowest BCUT2D eigenvalue weighted by Gasteiger charge is -2.14. The maximum absolute atomic E-state index is 8.78. The monoisotopic (exact) mass is 268 g/mol. The van der Waals surface area contributed by atoms with Crippen LogP contribution in [0, 0.1) is 12.8 Å². The van der Waals surface area contributed by atoms with Crippen LogP contribution in [-0.4, -0.2) is 0 Å². The summed E-state index contributed by atoms with van der Waals surface area (Å²) in [6, 6.07) is 12.2. The van der Waals surface area contributed by atoms with Crippen LogP contribution in [0.5, 0.6) is 0 Å². The summed E-state index contributed by atoms with van der Waals surface area (Å²) in [6.45, 7) is 2.08. The summed E-state index contributed by atoms with van der Waals surface area (Å²) in [5, 5.41) is 0. The topological polar surface area (TPSA) is 3.88 Å². The molecule has 1 aromatic carbocycles. The Hall–Kier alpha value is -1.63. The van der Waals surface area contributed by atoms with Crippen LogP contribution >= 0.6 is 0 Å². The molecule has 0 aliphatic heterocycles. The fourth-order valence-corrected chi connectivity index (χ4v) is 3.20. The number of benzene rings is 1. The lowest BCUT2D eigenvalue weighted by atomic mass is 9.90. The van der Waals surface area contributed by atoms with Crippen molar-refractivity contribution in [2.45, 2.75) is 39.0 Å². The molecule has 3 rings (SSSR count). The van der Waals surface area contributed by atoms with Crippen molar-refractivity contribution in [3.05, 3.63) is 53.7 Å². The van der Waals surface area contributed by atoms with Crippen molar-refractivity contribution in [1.82, 2.24) is 0 Å².